The van der Waals surface area contributed by atoms with E-state index in [1.54, 1.807) is 0 Å². The van der Waals surface area contributed by atoms with E-state index in [2.05, 4.69) is 43.1 Å². The minimum Gasteiger partial charge on any atom is -0.339 e. The Labute approximate surface area is 172 Å². The van der Waals surface area contributed by atoms with Crippen molar-refractivity contribution < 1.29 is 4.52 Å². The van der Waals surface area contributed by atoms with Gasteiger partial charge in [-0.1, -0.05) is 53.2 Å². The van der Waals surface area contributed by atoms with Crippen LogP contribution in [-0.4, -0.2) is 24.9 Å². The van der Waals surface area contributed by atoms with Gasteiger partial charge >= 0.3 is 0 Å². The van der Waals surface area contributed by atoms with Crippen molar-refractivity contribution >= 4 is 17.2 Å². The van der Waals surface area contributed by atoms with Gasteiger partial charge in [0.25, 0.3) is 0 Å². The minimum atomic E-state index is -0.0749. The first-order chi connectivity index (χ1) is 14.1. The molecule has 3 heterocycles. The van der Waals surface area contributed by atoms with Gasteiger partial charge in [0, 0.05) is 22.9 Å². The van der Waals surface area contributed by atoms with Gasteiger partial charge in [0.1, 0.15) is 11.6 Å². The van der Waals surface area contributed by atoms with Crippen LogP contribution in [0.25, 0.3) is 11.3 Å². The lowest BCUT2D eigenvalue weighted by atomic mass is 9.93. The SMILES string of the molecule is Cc1noc(C[C@H]2C=C(c3ccc(Cl)cc3)c3ccccc3-n3c(C)nnc32)n1. The third kappa shape index (κ3) is 3.15. The summed E-state index contributed by atoms with van der Waals surface area (Å²) in [5, 5.41) is 13.5. The van der Waals surface area contributed by atoms with Crippen molar-refractivity contribution in [3.63, 3.8) is 0 Å². The van der Waals surface area contributed by atoms with E-state index in [1.807, 2.05) is 50.2 Å². The van der Waals surface area contributed by atoms with Gasteiger partial charge in [0.2, 0.25) is 5.89 Å². The van der Waals surface area contributed by atoms with E-state index in [1.165, 1.54) is 0 Å². The second-order valence-corrected chi connectivity index (χ2v) is 7.53. The summed E-state index contributed by atoms with van der Waals surface area (Å²) < 4.78 is 7.51. The van der Waals surface area contributed by atoms with E-state index in [0.717, 1.165) is 34.0 Å². The molecule has 2 aromatic heterocycles. The zero-order valence-electron chi connectivity index (χ0n) is 16.0. The third-order valence-corrected chi connectivity index (χ3v) is 5.36. The Morgan fingerprint density at radius 3 is 2.59 bits per heavy atom. The van der Waals surface area contributed by atoms with E-state index in [0.29, 0.717) is 23.2 Å². The van der Waals surface area contributed by atoms with Crippen molar-refractivity contribution in [3.8, 4) is 5.69 Å². The van der Waals surface area contributed by atoms with Gasteiger partial charge in [0.15, 0.2) is 5.82 Å². The first kappa shape index (κ1) is 17.8. The molecule has 0 amide bonds. The van der Waals surface area contributed by atoms with E-state index in [4.69, 9.17) is 16.1 Å². The number of halogens is 1. The fourth-order valence-corrected chi connectivity index (χ4v) is 3.95. The molecule has 0 unspecified atom stereocenters. The standard InChI is InChI=1S/C22H18ClN5O/c1-13-24-21(29-27-13)12-16-11-19(15-7-9-17(23)10-8-15)18-5-3-4-6-20(18)28-14(2)25-26-22(16)28/h3-11,16H,12H2,1-2H3/t16-/m1/s1. The lowest BCUT2D eigenvalue weighted by molar-refractivity contribution is 0.369. The lowest BCUT2D eigenvalue weighted by Gasteiger charge is -2.13. The predicted octanol–water partition coefficient (Wildman–Crippen LogP) is 4.69. The van der Waals surface area contributed by atoms with Crippen molar-refractivity contribution in [1.29, 1.82) is 0 Å². The summed E-state index contributed by atoms with van der Waals surface area (Å²) in [6.07, 6.45) is 2.76. The number of aromatic nitrogens is 5. The normalized spacial score (nSPS) is 15.4. The number of allylic oxidation sites excluding steroid dienone is 1. The molecule has 0 fully saturated rings. The Morgan fingerprint density at radius 1 is 1.03 bits per heavy atom. The van der Waals surface area contributed by atoms with E-state index < -0.39 is 0 Å². The molecule has 2 aromatic carbocycles. The molecule has 29 heavy (non-hydrogen) atoms. The fraction of sp³-hybridized carbons (Fsp3) is 0.182. The number of para-hydroxylation sites is 1. The lowest BCUT2D eigenvalue weighted by Crippen LogP contribution is -2.09. The van der Waals surface area contributed by atoms with Crippen LogP contribution in [0.4, 0.5) is 0 Å². The molecule has 144 valence electrons. The van der Waals surface area contributed by atoms with Gasteiger partial charge in [-0.05, 0) is 43.2 Å². The number of hydrogen-bond acceptors (Lipinski definition) is 5. The van der Waals surface area contributed by atoms with Gasteiger partial charge in [0.05, 0.1) is 5.69 Å². The van der Waals surface area contributed by atoms with Crippen LogP contribution in [0.3, 0.4) is 0 Å². The van der Waals surface area contributed by atoms with Gasteiger partial charge in [-0.3, -0.25) is 4.57 Å². The molecule has 7 heteroatoms. The molecule has 1 atom stereocenters. The van der Waals surface area contributed by atoms with Crippen LogP contribution in [0, 0.1) is 13.8 Å². The van der Waals surface area contributed by atoms with Crippen molar-refractivity contribution in [3.05, 3.63) is 94.1 Å². The summed E-state index contributed by atoms with van der Waals surface area (Å²) in [4.78, 5) is 4.39. The second-order valence-electron chi connectivity index (χ2n) is 7.09. The van der Waals surface area contributed by atoms with Crippen LogP contribution in [0.5, 0.6) is 0 Å². The number of nitrogens with zero attached hydrogens (tertiary/aromatic N) is 5. The fourth-order valence-electron chi connectivity index (χ4n) is 3.82. The summed E-state index contributed by atoms with van der Waals surface area (Å²) in [6, 6.07) is 16.2. The molecule has 0 aliphatic carbocycles. The molecule has 0 spiro atoms. The third-order valence-electron chi connectivity index (χ3n) is 5.10. The largest absolute Gasteiger partial charge is 0.339 e. The van der Waals surface area contributed by atoms with Crippen molar-refractivity contribution in [2.24, 2.45) is 0 Å². The zero-order valence-corrected chi connectivity index (χ0v) is 16.8. The summed E-state index contributed by atoms with van der Waals surface area (Å²) in [6.45, 7) is 3.78. The topological polar surface area (TPSA) is 69.6 Å². The second kappa shape index (κ2) is 6.97. The molecular formula is C22H18ClN5O. The number of benzene rings is 2. The highest BCUT2D eigenvalue weighted by atomic mass is 35.5. The van der Waals surface area contributed by atoms with Gasteiger partial charge < -0.3 is 4.52 Å². The molecule has 0 N–H and O–H groups in total. The van der Waals surface area contributed by atoms with Gasteiger partial charge in [-0.15, -0.1) is 10.2 Å². The van der Waals surface area contributed by atoms with Crippen molar-refractivity contribution in [2.75, 3.05) is 0 Å². The molecule has 0 saturated heterocycles. The van der Waals surface area contributed by atoms with Crippen molar-refractivity contribution in [1.82, 2.24) is 24.9 Å². The molecule has 0 radical (unpaired) electrons. The van der Waals surface area contributed by atoms with Crippen LogP contribution in [0.15, 0.2) is 59.1 Å². The van der Waals surface area contributed by atoms with Crippen LogP contribution in [0.1, 0.15) is 40.4 Å². The molecular weight excluding hydrogens is 386 g/mol. The molecule has 0 bridgehead atoms. The average molecular weight is 404 g/mol. The smallest absolute Gasteiger partial charge is 0.227 e. The molecule has 0 saturated carbocycles. The van der Waals surface area contributed by atoms with Crippen LogP contribution in [0.2, 0.25) is 5.02 Å². The summed E-state index contributed by atoms with van der Waals surface area (Å²) in [5.41, 5.74) is 4.37. The molecule has 4 aromatic rings. The first-order valence-electron chi connectivity index (χ1n) is 9.39. The minimum absolute atomic E-state index is 0.0749. The molecule has 5 rings (SSSR count). The number of aryl methyl sites for hydroxylation is 2. The Kier molecular flexibility index (Phi) is 4.28. The van der Waals surface area contributed by atoms with E-state index >= 15 is 0 Å². The zero-order chi connectivity index (χ0) is 20.0. The van der Waals surface area contributed by atoms with Crippen LogP contribution >= 0.6 is 11.6 Å². The summed E-state index contributed by atoms with van der Waals surface area (Å²) in [7, 11) is 0. The average Bonchev–Trinajstić information content (AvgIpc) is 3.27. The van der Waals surface area contributed by atoms with Crippen molar-refractivity contribution in [2.45, 2.75) is 26.2 Å². The monoisotopic (exact) mass is 403 g/mol. The van der Waals surface area contributed by atoms with Crippen LogP contribution in [-0.2, 0) is 6.42 Å². The van der Waals surface area contributed by atoms with Gasteiger partial charge in [-0.2, -0.15) is 4.98 Å². The maximum atomic E-state index is 6.13. The maximum Gasteiger partial charge on any atom is 0.227 e. The quantitative estimate of drug-likeness (QED) is 0.496. The highest BCUT2D eigenvalue weighted by molar-refractivity contribution is 6.30. The Bertz CT molecular complexity index is 1220. The predicted molar refractivity (Wildman–Crippen MR) is 110 cm³/mol. The van der Waals surface area contributed by atoms with Gasteiger partial charge in [-0.25, -0.2) is 0 Å². The highest BCUT2D eigenvalue weighted by Gasteiger charge is 2.28. The first-order valence-corrected chi connectivity index (χ1v) is 9.76. The maximum absolute atomic E-state index is 6.13. The van der Waals surface area contributed by atoms with E-state index in [-0.39, 0.29) is 5.92 Å². The van der Waals surface area contributed by atoms with Crippen LogP contribution < -0.4 is 0 Å². The Morgan fingerprint density at radius 2 is 1.83 bits per heavy atom. The number of fused-ring (bicyclic) bond motifs is 3. The molecule has 1 aliphatic rings. The number of hydrogen-bond donors (Lipinski definition) is 0. The summed E-state index contributed by atoms with van der Waals surface area (Å²) >= 11 is 6.13. The molecule has 1 aliphatic heterocycles. The van der Waals surface area contributed by atoms with E-state index in [9.17, 15) is 0 Å². The Balaban J connectivity index is 1.73. The molecule has 6 nitrogen and oxygen atoms in total. The number of rotatable bonds is 3. The highest BCUT2D eigenvalue weighted by Crippen LogP contribution is 2.38. The summed E-state index contributed by atoms with van der Waals surface area (Å²) in [5.74, 6) is 2.82. The Hall–Kier alpha value is -3.25.